The van der Waals surface area contributed by atoms with Crippen LogP contribution in [0.25, 0.3) is 0 Å². The molecule has 1 aromatic heterocycles. The molecule has 11 heteroatoms. The van der Waals surface area contributed by atoms with E-state index >= 15 is 0 Å². The molecular weight excluding hydrogens is 376 g/mol. The van der Waals surface area contributed by atoms with Crippen molar-refractivity contribution in [3.8, 4) is 5.75 Å². The number of hydrogen-bond donors (Lipinski definition) is 0. The number of alkyl halides is 7. The van der Waals surface area contributed by atoms with Crippen molar-refractivity contribution in [3.63, 3.8) is 0 Å². The third-order valence-electron chi connectivity index (χ3n) is 2.06. The molecule has 118 valence electrons. The Bertz CT molecular complexity index is 543. The number of halogens is 7. The fourth-order valence-electron chi connectivity index (χ4n) is 1.36. The average molecular weight is 382 g/mol. The summed E-state index contributed by atoms with van der Waals surface area (Å²) in [5, 5.41) is -0.191. The highest BCUT2D eigenvalue weighted by atomic mass is 79.9. The molecule has 21 heavy (non-hydrogen) atoms. The Morgan fingerprint density at radius 2 is 1.86 bits per heavy atom. The first-order valence-electron chi connectivity index (χ1n) is 5.00. The van der Waals surface area contributed by atoms with Crippen LogP contribution in [0.1, 0.15) is 21.7 Å². The molecule has 0 fully saturated rings. The van der Waals surface area contributed by atoms with Gasteiger partial charge in [-0.05, 0) is 0 Å². The second-order valence-corrected chi connectivity index (χ2v) is 4.07. The van der Waals surface area contributed by atoms with Gasteiger partial charge in [0.05, 0.1) is 12.8 Å². The summed E-state index contributed by atoms with van der Waals surface area (Å²) in [4.78, 5) is 14.7. The first-order chi connectivity index (χ1) is 9.49. The Morgan fingerprint density at radius 3 is 2.24 bits per heavy atom. The Morgan fingerprint density at radius 1 is 1.29 bits per heavy atom. The van der Waals surface area contributed by atoms with E-state index in [1.165, 1.54) is 0 Å². The molecule has 1 rings (SSSR count). The second kappa shape index (κ2) is 6.08. The second-order valence-electron chi connectivity index (χ2n) is 3.51. The van der Waals surface area contributed by atoms with Crippen molar-refractivity contribution in [3.05, 3.63) is 23.0 Å². The van der Waals surface area contributed by atoms with E-state index in [0.29, 0.717) is 6.07 Å². The topological polar surface area (TPSA) is 48.4 Å². The summed E-state index contributed by atoms with van der Waals surface area (Å²) in [6.45, 7) is 0. The number of ether oxygens (including phenoxy) is 2. The van der Waals surface area contributed by atoms with Gasteiger partial charge >= 0.3 is 18.5 Å². The SMILES string of the molecule is COC(=O)c1nc(CBr)cc(OC(F)(F)F)c1C(F)(F)F. The maximum absolute atomic E-state index is 12.9. The molecule has 0 aliphatic heterocycles. The number of carbonyl (C=O) groups is 1. The zero-order chi connectivity index (χ0) is 16.4. The summed E-state index contributed by atoms with van der Waals surface area (Å²) in [5.74, 6) is -3.10. The number of hydrogen-bond acceptors (Lipinski definition) is 4. The van der Waals surface area contributed by atoms with Gasteiger partial charge in [-0.3, -0.25) is 0 Å². The molecule has 0 amide bonds. The van der Waals surface area contributed by atoms with Crippen molar-refractivity contribution in [1.82, 2.24) is 4.98 Å². The van der Waals surface area contributed by atoms with Gasteiger partial charge in [0.1, 0.15) is 11.3 Å². The molecule has 0 aliphatic carbocycles. The van der Waals surface area contributed by atoms with Crippen LogP contribution < -0.4 is 4.74 Å². The lowest BCUT2D eigenvalue weighted by Gasteiger charge is -2.18. The molecule has 0 bridgehead atoms. The van der Waals surface area contributed by atoms with Crippen molar-refractivity contribution < 1.29 is 40.6 Å². The summed E-state index contributed by atoms with van der Waals surface area (Å²) < 4.78 is 82.8. The molecule has 0 N–H and O–H groups in total. The standard InChI is InChI=1S/C10H6BrF6NO3/c1-20-8(19)7-6(9(12,13)14)5(21-10(15,16)17)2-4(3-11)18-7/h2H,3H2,1H3. The molecule has 0 aromatic carbocycles. The van der Waals surface area contributed by atoms with E-state index in [1.807, 2.05) is 0 Å². The Balaban J connectivity index is 3.62. The van der Waals surface area contributed by atoms with E-state index in [-0.39, 0.29) is 11.0 Å². The minimum atomic E-state index is -5.36. The predicted molar refractivity (Wildman–Crippen MR) is 59.9 cm³/mol. The highest BCUT2D eigenvalue weighted by Crippen LogP contribution is 2.41. The van der Waals surface area contributed by atoms with E-state index in [4.69, 9.17) is 0 Å². The van der Waals surface area contributed by atoms with E-state index in [9.17, 15) is 31.1 Å². The third kappa shape index (κ3) is 4.48. The average Bonchev–Trinajstić information content (AvgIpc) is 2.33. The normalized spacial score (nSPS) is 12.2. The summed E-state index contributed by atoms with van der Waals surface area (Å²) in [6.07, 6.45) is -10.7. The van der Waals surface area contributed by atoms with Crippen LogP contribution >= 0.6 is 15.9 Å². The molecule has 0 atom stereocenters. The van der Waals surface area contributed by atoms with Gasteiger partial charge in [0.15, 0.2) is 5.69 Å². The number of carbonyl (C=O) groups excluding carboxylic acids is 1. The number of methoxy groups -OCH3 is 1. The quantitative estimate of drug-likeness (QED) is 0.455. The lowest BCUT2D eigenvalue weighted by molar-refractivity contribution is -0.276. The summed E-state index contributed by atoms with van der Waals surface area (Å²) in [7, 11) is 0.773. The largest absolute Gasteiger partial charge is 0.573 e. The van der Waals surface area contributed by atoms with Gasteiger partial charge < -0.3 is 9.47 Å². The lowest BCUT2D eigenvalue weighted by Crippen LogP contribution is -2.24. The van der Waals surface area contributed by atoms with Crippen molar-refractivity contribution in [2.24, 2.45) is 0 Å². The monoisotopic (exact) mass is 381 g/mol. The van der Waals surface area contributed by atoms with Crippen molar-refractivity contribution >= 4 is 21.9 Å². The fraction of sp³-hybridized carbons (Fsp3) is 0.400. The molecular formula is C10H6BrF6NO3. The minimum Gasteiger partial charge on any atom is -0.464 e. The van der Waals surface area contributed by atoms with Crippen molar-refractivity contribution in [2.45, 2.75) is 17.9 Å². The zero-order valence-electron chi connectivity index (χ0n) is 10.1. The van der Waals surface area contributed by atoms with Crippen molar-refractivity contribution in [1.29, 1.82) is 0 Å². The van der Waals surface area contributed by atoms with Gasteiger partial charge in [0, 0.05) is 11.4 Å². The molecule has 1 aromatic rings. The smallest absolute Gasteiger partial charge is 0.464 e. The maximum Gasteiger partial charge on any atom is 0.573 e. The van der Waals surface area contributed by atoms with Crippen LogP contribution in [-0.2, 0) is 16.2 Å². The van der Waals surface area contributed by atoms with Crippen LogP contribution in [0.2, 0.25) is 0 Å². The first-order valence-corrected chi connectivity index (χ1v) is 6.13. The molecule has 0 radical (unpaired) electrons. The number of nitrogens with zero attached hydrogens (tertiary/aromatic N) is 1. The molecule has 0 saturated carbocycles. The number of rotatable bonds is 3. The van der Waals surface area contributed by atoms with Crippen LogP contribution in [0.15, 0.2) is 6.07 Å². The number of esters is 1. The van der Waals surface area contributed by atoms with E-state index in [0.717, 1.165) is 7.11 Å². The molecule has 0 aliphatic rings. The fourth-order valence-corrected chi connectivity index (χ4v) is 1.65. The first kappa shape index (κ1) is 17.5. The summed E-state index contributed by atoms with van der Waals surface area (Å²) >= 11 is 2.82. The number of aromatic nitrogens is 1. The molecule has 0 spiro atoms. The van der Waals surface area contributed by atoms with Crippen LogP contribution in [0.3, 0.4) is 0 Å². The van der Waals surface area contributed by atoms with E-state index in [1.54, 1.807) is 0 Å². The Hall–Kier alpha value is -1.52. The molecule has 4 nitrogen and oxygen atoms in total. The third-order valence-corrected chi connectivity index (χ3v) is 2.64. The van der Waals surface area contributed by atoms with Crippen LogP contribution in [-0.4, -0.2) is 24.4 Å². The van der Waals surface area contributed by atoms with Gasteiger partial charge in [0.2, 0.25) is 0 Å². The molecule has 0 saturated heterocycles. The van der Waals surface area contributed by atoms with Crippen LogP contribution in [0.4, 0.5) is 26.3 Å². The summed E-state index contributed by atoms with van der Waals surface area (Å²) in [6, 6.07) is 0.442. The van der Waals surface area contributed by atoms with Gasteiger partial charge in [-0.25, -0.2) is 9.78 Å². The van der Waals surface area contributed by atoms with Gasteiger partial charge in [-0.15, -0.1) is 13.2 Å². The Kier molecular flexibility index (Phi) is 5.07. The van der Waals surface area contributed by atoms with E-state index < -0.39 is 35.5 Å². The molecule has 0 unspecified atom stereocenters. The number of pyridine rings is 1. The van der Waals surface area contributed by atoms with Gasteiger partial charge in [-0.1, -0.05) is 15.9 Å². The van der Waals surface area contributed by atoms with Crippen LogP contribution in [0, 0.1) is 0 Å². The minimum absolute atomic E-state index is 0.191. The lowest BCUT2D eigenvalue weighted by atomic mass is 10.1. The van der Waals surface area contributed by atoms with Crippen LogP contribution in [0.5, 0.6) is 5.75 Å². The highest BCUT2D eigenvalue weighted by Gasteiger charge is 2.44. The van der Waals surface area contributed by atoms with Gasteiger partial charge in [0.25, 0.3) is 0 Å². The van der Waals surface area contributed by atoms with Gasteiger partial charge in [-0.2, -0.15) is 13.2 Å². The zero-order valence-corrected chi connectivity index (χ0v) is 11.7. The molecule has 1 heterocycles. The van der Waals surface area contributed by atoms with Crippen molar-refractivity contribution in [2.75, 3.05) is 7.11 Å². The van der Waals surface area contributed by atoms with E-state index in [2.05, 4.69) is 30.4 Å². The summed E-state index contributed by atoms with van der Waals surface area (Å²) in [5.41, 5.74) is -3.51. The Labute approximate surface area is 122 Å². The highest BCUT2D eigenvalue weighted by molar-refractivity contribution is 9.08. The maximum atomic E-state index is 12.9. The predicted octanol–water partition coefficient (Wildman–Crippen LogP) is 3.68.